The highest BCUT2D eigenvalue weighted by Gasteiger charge is 2.73. The van der Waals surface area contributed by atoms with Gasteiger partial charge in [0.05, 0.1) is 12.2 Å². The van der Waals surface area contributed by atoms with E-state index in [0.29, 0.717) is 5.92 Å². The summed E-state index contributed by atoms with van der Waals surface area (Å²) in [4.78, 5) is 0. The predicted molar refractivity (Wildman–Crippen MR) is 58.3 cm³/mol. The minimum atomic E-state index is -0.798. The summed E-state index contributed by atoms with van der Waals surface area (Å²) in [6.07, 6.45) is 5.87. The number of aliphatic hydroxyl groups excluding tert-OH is 1. The van der Waals surface area contributed by atoms with E-state index in [1.807, 2.05) is 0 Å². The van der Waals surface area contributed by atoms with Crippen molar-refractivity contribution < 1.29 is 10.2 Å². The smallest absolute Gasteiger partial charge is 0.0938 e. The molecule has 0 unspecified atom stereocenters. The molecular formula is C13H22O2. The van der Waals surface area contributed by atoms with E-state index in [1.165, 1.54) is 19.3 Å². The third kappa shape index (κ3) is 0.861. The first-order valence-electron chi connectivity index (χ1n) is 6.30. The van der Waals surface area contributed by atoms with Gasteiger partial charge in [0.1, 0.15) is 0 Å². The number of aliphatic hydroxyl groups is 2. The minimum Gasteiger partial charge on any atom is -0.393 e. The second kappa shape index (κ2) is 2.60. The van der Waals surface area contributed by atoms with Crippen molar-refractivity contribution in [3.8, 4) is 0 Å². The highest BCUT2D eigenvalue weighted by atomic mass is 16.3. The van der Waals surface area contributed by atoms with Crippen LogP contribution in [0.2, 0.25) is 0 Å². The lowest BCUT2D eigenvalue weighted by Gasteiger charge is -2.45. The highest BCUT2D eigenvalue weighted by Crippen LogP contribution is 2.75. The Kier molecular flexibility index (Phi) is 1.75. The highest BCUT2D eigenvalue weighted by molar-refractivity contribution is 5.22. The van der Waals surface area contributed by atoms with Crippen LogP contribution in [0, 0.1) is 22.7 Å². The van der Waals surface area contributed by atoms with Crippen LogP contribution in [0.25, 0.3) is 0 Å². The van der Waals surface area contributed by atoms with Gasteiger partial charge >= 0.3 is 0 Å². The van der Waals surface area contributed by atoms with Gasteiger partial charge in [-0.05, 0) is 36.5 Å². The van der Waals surface area contributed by atoms with Gasteiger partial charge in [-0.25, -0.2) is 0 Å². The largest absolute Gasteiger partial charge is 0.393 e. The van der Waals surface area contributed by atoms with E-state index < -0.39 is 5.60 Å². The van der Waals surface area contributed by atoms with Gasteiger partial charge in [-0.3, -0.25) is 0 Å². The summed E-state index contributed by atoms with van der Waals surface area (Å²) in [7, 11) is 0. The lowest BCUT2D eigenvalue weighted by atomic mass is 9.62. The molecule has 3 fully saturated rings. The van der Waals surface area contributed by atoms with Crippen LogP contribution in [-0.4, -0.2) is 22.4 Å². The van der Waals surface area contributed by atoms with Crippen molar-refractivity contribution in [1.29, 1.82) is 0 Å². The lowest BCUT2D eigenvalue weighted by Crippen LogP contribution is -2.50. The number of rotatable bonds is 1. The summed E-state index contributed by atoms with van der Waals surface area (Å²) in [5, 5.41) is 20.1. The summed E-state index contributed by atoms with van der Waals surface area (Å²) in [6, 6.07) is 0. The Morgan fingerprint density at radius 1 is 1.27 bits per heavy atom. The lowest BCUT2D eigenvalue weighted by molar-refractivity contribution is -0.124. The van der Waals surface area contributed by atoms with Crippen LogP contribution in [0.4, 0.5) is 0 Å². The van der Waals surface area contributed by atoms with Crippen molar-refractivity contribution in [2.45, 2.75) is 51.6 Å². The molecule has 0 aromatic heterocycles. The summed E-state index contributed by atoms with van der Waals surface area (Å²) < 4.78 is 0. The maximum Gasteiger partial charge on any atom is 0.0938 e. The SMILES string of the molecule is C[C@]12C[C@@H]3CCC[C@@]1(C)[C@@H]3C[C@]2(O)CO. The van der Waals surface area contributed by atoms with Gasteiger partial charge in [-0.15, -0.1) is 0 Å². The van der Waals surface area contributed by atoms with Gasteiger partial charge in [0.25, 0.3) is 0 Å². The Labute approximate surface area is 91.7 Å². The molecule has 15 heavy (non-hydrogen) atoms. The van der Waals surface area contributed by atoms with Gasteiger partial charge in [0, 0.05) is 5.41 Å². The molecule has 0 aliphatic heterocycles. The van der Waals surface area contributed by atoms with Crippen LogP contribution in [-0.2, 0) is 0 Å². The van der Waals surface area contributed by atoms with E-state index >= 15 is 0 Å². The first-order chi connectivity index (χ1) is 6.97. The van der Waals surface area contributed by atoms with E-state index in [1.54, 1.807) is 0 Å². The second-order valence-electron chi connectivity index (χ2n) is 6.61. The van der Waals surface area contributed by atoms with E-state index in [2.05, 4.69) is 13.8 Å². The molecule has 0 amide bonds. The molecule has 5 atom stereocenters. The molecule has 2 nitrogen and oxygen atoms in total. The minimum absolute atomic E-state index is 0.0411. The zero-order valence-electron chi connectivity index (χ0n) is 9.79. The van der Waals surface area contributed by atoms with Crippen LogP contribution in [0.3, 0.4) is 0 Å². The van der Waals surface area contributed by atoms with Crippen molar-refractivity contribution in [2.75, 3.05) is 6.61 Å². The average molecular weight is 210 g/mol. The molecule has 0 spiro atoms. The van der Waals surface area contributed by atoms with Crippen molar-refractivity contribution in [3.63, 3.8) is 0 Å². The molecule has 0 heterocycles. The zero-order valence-corrected chi connectivity index (χ0v) is 9.79. The molecule has 86 valence electrons. The quantitative estimate of drug-likeness (QED) is 0.694. The fourth-order valence-corrected chi connectivity index (χ4v) is 5.27. The van der Waals surface area contributed by atoms with Gasteiger partial charge in [0.15, 0.2) is 0 Å². The van der Waals surface area contributed by atoms with Gasteiger partial charge in [-0.2, -0.15) is 0 Å². The van der Waals surface area contributed by atoms with E-state index in [9.17, 15) is 10.2 Å². The fourth-order valence-electron chi connectivity index (χ4n) is 5.27. The maximum atomic E-state index is 10.6. The van der Waals surface area contributed by atoms with Crippen molar-refractivity contribution in [2.24, 2.45) is 22.7 Å². The Morgan fingerprint density at radius 3 is 2.60 bits per heavy atom. The molecule has 0 aromatic rings. The number of hydrogen-bond donors (Lipinski definition) is 2. The van der Waals surface area contributed by atoms with Crippen LogP contribution in [0.5, 0.6) is 0 Å². The Bertz CT molecular complexity index is 303. The van der Waals surface area contributed by atoms with Crippen molar-refractivity contribution >= 4 is 0 Å². The first-order valence-corrected chi connectivity index (χ1v) is 6.30. The maximum absolute atomic E-state index is 10.6. The molecule has 2 N–H and O–H groups in total. The fraction of sp³-hybridized carbons (Fsp3) is 1.00. The molecule has 0 saturated heterocycles. The molecule has 4 bridgehead atoms. The van der Waals surface area contributed by atoms with E-state index in [-0.39, 0.29) is 17.4 Å². The van der Waals surface area contributed by atoms with Crippen LogP contribution >= 0.6 is 0 Å². The molecular weight excluding hydrogens is 188 g/mol. The average Bonchev–Trinajstić information content (AvgIpc) is 2.44. The Morgan fingerprint density at radius 2 is 2.00 bits per heavy atom. The topological polar surface area (TPSA) is 40.5 Å². The Balaban J connectivity index is 2.09. The van der Waals surface area contributed by atoms with Crippen molar-refractivity contribution in [3.05, 3.63) is 0 Å². The summed E-state index contributed by atoms with van der Waals surface area (Å²) in [6.45, 7) is 4.52. The predicted octanol–water partition coefficient (Wildman–Crippen LogP) is 1.95. The molecule has 3 saturated carbocycles. The third-order valence-electron chi connectivity index (χ3n) is 6.44. The van der Waals surface area contributed by atoms with Crippen molar-refractivity contribution in [1.82, 2.24) is 0 Å². The number of hydrogen-bond acceptors (Lipinski definition) is 2. The molecule has 3 rings (SSSR count). The summed E-state index contributed by atoms with van der Waals surface area (Å²) >= 11 is 0. The molecule has 0 radical (unpaired) electrons. The second-order valence-corrected chi connectivity index (χ2v) is 6.61. The van der Waals surface area contributed by atoms with E-state index in [0.717, 1.165) is 18.8 Å². The zero-order chi connectivity index (χ0) is 10.9. The van der Waals surface area contributed by atoms with E-state index in [4.69, 9.17) is 0 Å². The van der Waals surface area contributed by atoms with Crippen LogP contribution in [0.15, 0.2) is 0 Å². The standard InChI is InChI=1S/C13H22O2/c1-11-5-3-4-9-6-12(11,2)13(15,8-14)7-10(9)11/h9-10,14-15H,3-8H2,1-2H3/t9-,10+,11-,12-,13-/m0/s1. The van der Waals surface area contributed by atoms with Gasteiger partial charge in [0.2, 0.25) is 0 Å². The van der Waals surface area contributed by atoms with Crippen LogP contribution in [0.1, 0.15) is 46.0 Å². The first kappa shape index (κ1) is 10.1. The summed E-state index contributed by atoms with van der Waals surface area (Å²) in [5.74, 6) is 1.48. The molecule has 3 aliphatic carbocycles. The Hall–Kier alpha value is -0.0800. The van der Waals surface area contributed by atoms with Gasteiger partial charge < -0.3 is 10.2 Å². The molecule has 3 aliphatic rings. The summed E-state index contributed by atoms with van der Waals surface area (Å²) in [5.41, 5.74) is -0.554. The molecule has 0 aromatic carbocycles. The molecule has 2 heteroatoms. The normalized spacial score (nSPS) is 62.4. The van der Waals surface area contributed by atoms with Crippen LogP contribution < -0.4 is 0 Å². The third-order valence-corrected chi connectivity index (χ3v) is 6.44. The monoisotopic (exact) mass is 210 g/mol. The van der Waals surface area contributed by atoms with Gasteiger partial charge in [-0.1, -0.05) is 26.7 Å².